The van der Waals surface area contributed by atoms with E-state index in [1.165, 1.54) is 5.57 Å². The number of fused-ring (bicyclic) bond motifs is 1. The van der Waals surface area contributed by atoms with Gasteiger partial charge in [0.25, 0.3) is 0 Å². The first kappa shape index (κ1) is 27.9. The van der Waals surface area contributed by atoms with E-state index in [9.17, 15) is 14.7 Å². The number of methoxy groups -OCH3 is 1. The second-order valence-electron chi connectivity index (χ2n) is 10.3. The lowest BCUT2D eigenvalue weighted by atomic mass is 9.51. The van der Waals surface area contributed by atoms with E-state index >= 15 is 0 Å². The number of nitrogens with one attached hydrogen (secondary N) is 1. The summed E-state index contributed by atoms with van der Waals surface area (Å²) in [6.07, 6.45) is 12.7. The average Bonchev–Trinajstić information content (AvgIpc) is 2.88. The highest BCUT2D eigenvalue weighted by Gasteiger charge is 2.61. The number of hydrogen-bond donors (Lipinski definition) is 2. The van der Waals surface area contributed by atoms with Crippen LogP contribution in [0.15, 0.2) is 54.7 Å². The lowest BCUT2D eigenvalue weighted by molar-refractivity contribution is -0.167. The third kappa shape index (κ3) is 5.35. The molecule has 4 unspecified atom stereocenters. The number of piperidine rings is 1. The Morgan fingerprint density at radius 2 is 2.14 bits per heavy atom. The van der Waals surface area contributed by atoms with Gasteiger partial charge in [-0.1, -0.05) is 36.9 Å². The Hall–Kier alpha value is -2.70. The Balaban J connectivity index is 1.93. The molecule has 2 fully saturated rings. The van der Waals surface area contributed by atoms with Crippen LogP contribution in [-0.2, 0) is 15.0 Å². The normalized spacial score (nSPS) is 29.0. The van der Waals surface area contributed by atoms with Crippen LogP contribution in [0.1, 0.15) is 63.5 Å². The summed E-state index contributed by atoms with van der Waals surface area (Å²) in [7, 11) is 1.65. The molecule has 6 heteroatoms. The predicted octanol–water partition coefficient (Wildman–Crippen LogP) is 4.61. The van der Waals surface area contributed by atoms with Crippen LogP contribution >= 0.6 is 0 Å². The summed E-state index contributed by atoms with van der Waals surface area (Å²) in [4.78, 5) is 26.1. The molecule has 2 amide bonds. The van der Waals surface area contributed by atoms with Gasteiger partial charge in [0.05, 0.1) is 12.7 Å². The van der Waals surface area contributed by atoms with Crippen molar-refractivity contribution in [1.82, 2.24) is 10.2 Å². The van der Waals surface area contributed by atoms with Crippen LogP contribution < -0.4 is 10.1 Å². The second kappa shape index (κ2) is 12.0. The lowest BCUT2D eigenvalue weighted by Crippen LogP contribution is -2.70. The number of ether oxygens (including phenoxy) is 1. The number of hydrogen-bond acceptors (Lipinski definition) is 5. The van der Waals surface area contributed by atoms with Crippen molar-refractivity contribution < 1.29 is 19.4 Å². The third-order valence-electron chi connectivity index (χ3n) is 8.57. The van der Waals surface area contributed by atoms with E-state index in [-0.39, 0.29) is 17.9 Å². The summed E-state index contributed by atoms with van der Waals surface area (Å²) in [6.45, 7) is 11.8. The van der Waals surface area contributed by atoms with Gasteiger partial charge in [0.2, 0.25) is 12.3 Å². The van der Waals surface area contributed by atoms with Gasteiger partial charge >= 0.3 is 0 Å². The van der Waals surface area contributed by atoms with E-state index in [4.69, 9.17) is 4.74 Å². The van der Waals surface area contributed by atoms with Crippen molar-refractivity contribution >= 4 is 12.3 Å². The average molecular weight is 495 g/mol. The molecule has 2 aliphatic rings. The van der Waals surface area contributed by atoms with Gasteiger partial charge in [-0.3, -0.25) is 19.8 Å². The summed E-state index contributed by atoms with van der Waals surface area (Å²) in [5.74, 6) is 0.158. The molecule has 2 N–H and O–H groups in total. The topological polar surface area (TPSA) is 78.9 Å². The van der Waals surface area contributed by atoms with Gasteiger partial charge in [-0.25, -0.2) is 0 Å². The van der Waals surface area contributed by atoms with Gasteiger partial charge in [0, 0.05) is 17.4 Å². The molecule has 1 heterocycles. The highest BCUT2D eigenvalue weighted by Crippen LogP contribution is 2.56. The van der Waals surface area contributed by atoms with Gasteiger partial charge in [-0.2, -0.15) is 0 Å². The number of aliphatic hydroxyl groups is 1. The molecule has 3 rings (SSSR count). The minimum atomic E-state index is -1.01. The molecule has 4 atom stereocenters. The van der Waals surface area contributed by atoms with Crippen LogP contribution in [0.4, 0.5) is 0 Å². The fourth-order valence-electron chi connectivity index (χ4n) is 6.48. The standard InChI is InChI=1S/C30H42N2O4/c1-6-8-10-24(7-2)11-9-17-32-18-16-29(27-19-26(36-5)13-12-22(27)3)20-25(28(34)31-21-33)14-15-30(29,35)23(32)4/h6-8,10,12-13,19,21,23,25,35H,2,9,11,14-18,20H2,1,3-5H3,(H,31,33,34)/b8-6-,24-10+. The van der Waals surface area contributed by atoms with Crippen LogP contribution in [0.25, 0.3) is 0 Å². The van der Waals surface area contributed by atoms with Crippen molar-refractivity contribution in [3.05, 3.63) is 65.8 Å². The first-order chi connectivity index (χ1) is 17.3. The number of nitrogens with zero attached hydrogens (tertiary/aromatic N) is 1. The van der Waals surface area contributed by atoms with Gasteiger partial charge < -0.3 is 9.84 Å². The van der Waals surface area contributed by atoms with Crippen LogP contribution in [-0.4, -0.2) is 54.2 Å². The van der Waals surface area contributed by atoms with E-state index in [0.29, 0.717) is 25.7 Å². The Bertz CT molecular complexity index is 1020. The Kier molecular flexibility index (Phi) is 9.31. The molecule has 6 nitrogen and oxygen atoms in total. The highest BCUT2D eigenvalue weighted by molar-refractivity contribution is 5.88. The van der Waals surface area contributed by atoms with Crippen molar-refractivity contribution in [2.75, 3.05) is 20.2 Å². The molecule has 1 saturated carbocycles. The number of carbonyl (C=O) groups is 2. The van der Waals surface area contributed by atoms with Crippen molar-refractivity contribution in [1.29, 1.82) is 0 Å². The number of allylic oxidation sites excluding steroid dienone is 5. The monoisotopic (exact) mass is 494 g/mol. The quantitative estimate of drug-likeness (QED) is 0.367. The third-order valence-corrected chi connectivity index (χ3v) is 8.57. The molecule has 1 aromatic carbocycles. The van der Waals surface area contributed by atoms with Crippen molar-refractivity contribution in [2.45, 2.75) is 76.4 Å². The van der Waals surface area contributed by atoms with Gasteiger partial charge in [-0.15, -0.1) is 0 Å². The zero-order valence-corrected chi connectivity index (χ0v) is 22.3. The van der Waals surface area contributed by atoms with E-state index < -0.39 is 11.0 Å². The molecule has 1 aliphatic heterocycles. The molecule has 0 spiro atoms. The SMILES string of the molecule is C=C/C(=C\C=C/C)CCCN1CCC2(c3cc(OC)ccc3C)CC(C(=O)NC=O)CCC2(O)C1C. The summed E-state index contributed by atoms with van der Waals surface area (Å²) >= 11 is 0. The molecule has 1 saturated heterocycles. The maximum atomic E-state index is 12.7. The van der Waals surface area contributed by atoms with E-state index in [1.807, 2.05) is 43.4 Å². The fourth-order valence-corrected chi connectivity index (χ4v) is 6.48. The molecule has 196 valence electrons. The van der Waals surface area contributed by atoms with Gasteiger partial charge in [0.1, 0.15) is 5.75 Å². The van der Waals surface area contributed by atoms with E-state index in [0.717, 1.165) is 49.2 Å². The summed E-state index contributed by atoms with van der Waals surface area (Å²) < 4.78 is 5.55. The number of likely N-dealkylation sites (tertiary alicyclic amines) is 1. The molecule has 36 heavy (non-hydrogen) atoms. The number of amides is 2. The van der Waals surface area contributed by atoms with Crippen molar-refractivity contribution in [2.24, 2.45) is 5.92 Å². The number of rotatable bonds is 10. The van der Waals surface area contributed by atoms with Crippen LogP contribution in [0.2, 0.25) is 0 Å². The summed E-state index contributed by atoms with van der Waals surface area (Å²) in [6, 6.07) is 5.91. The number of carbonyl (C=O) groups excluding carboxylic acids is 2. The first-order valence-electron chi connectivity index (χ1n) is 13.1. The minimum absolute atomic E-state index is 0.0846. The van der Waals surface area contributed by atoms with Crippen LogP contribution in [0.5, 0.6) is 5.75 Å². The maximum absolute atomic E-state index is 12.7. The first-order valence-corrected chi connectivity index (χ1v) is 13.1. The highest BCUT2D eigenvalue weighted by atomic mass is 16.5. The zero-order chi connectivity index (χ0) is 26.3. The molecular formula is C30H42N2O4. The zero-order valence-electron chi connectivity index (χ0n) is 22.3. The van der Waals surface area contributed by atoms with E-state index in [1.54, 1.807) is 7.11 Å². The van der Waals surface area contributed by atoms with Crippen molar-refractivity contribution in [3.8, 4) is 5.75 Å². The van der Waals surface area contributed by atoms with Gasteiger partial charge in [0.15, 0.2) is 0 Å². The molecule has 0 aromatic heterocycles. The van der Waals surface area contributed by atoms with Crippen molar-refractivity contribution in [3.63, 3.8) is 0 Å². The second-order valence-corrected chi connectivity index (χ2v) is 10.3. The van der Waals surface area contributed by atoms with Crippen LogP contribution in [0.3, 0.4) is 0 Å². The Labute approximate surface area is 216 Å². The predicted molar refractivity (Wildman–Crippen MR) is 144 cm³/mol. The van der Waals surface area contributed by atoms with Gasteiger partial charge in [-0.05, 0) is 101 Å². The molecular weight excluding hydrogens is 452 g/mol. The molecule has 0 radical (unpaired) electrons. The molecule has 0 bridgehead atoms. The Morgan fingerprint density at radius 1 is 1.36 bits per heavy atom. The number of aryl methyl sites for hydroxylation is 1. The molecule has 1 aromatic rings. The summed E-state index contributed by atoms with van der Waals surface area (Å²) in [5.41, 5.74) is 1.71. The Morgan fingerprint density at radius 3 is 2.81 bits per heavy atom. The summed E-state index contributed by atoms with van der Waals surface area (Å²) in [5, 5.41) is 14.9. The largest absolute Gasteiger partial charge is 0.497 e. The maximum Gasteiger partial charge on any atom is 0.229 e. The van der Waals surface area contributed by atoms with E-state index in [2.05, 4.69) is 36.7 Å². The number of imide groups is 1. The number of benzene rings is 1. The minimum Gasteiger partial charge on any atom is -0.497 e. The lowest BCUT2D eigenvalue weighted by Gasteiger charge is -2.61. The van der Waals surface area contributed by atoms with Crippen LogP contribution in [0, 0.1) is 12.8 Å². The molecule has 1 aliphatic carbocycles. The fraction of sp³-hybridized carbons (Fsp3) is 0.533. The smallest absolute Gasteiger partial charge is 0.229 e.